The minimum Gasteiger partial charge on any atom is -0.0533 e. The first-order valence-corrected chi connectivity index (χ1v) is 28.9. The van der Waals surface area contributed by atoms with Crippen LogP contribution in [0.5, 0.6) is 0 Å². The normalized spacial score (nSPS) is 26.9. The Morgan fingerprint density at radius 1 is 0.0862 bits per heavy atom. The quantitative estimate of drug-likeness (QED) is 0.229. The van der Waals surface area contributed by atoms with Crippen molar-refractivity contribution in [2.45, 2.75) is 360 Å². The lowest BCUT2D eigenvalue weighted by Gasteiger charge is -2.18. The van der Waals surface area contributed by atoms with E-state index in [0.717, 1.165) is 11.8 Å². The van der Waals surface area contributed by atoms with E-state index in [2.05, 4.69) is 0 Å². The average molecular weight is 812 g/mol. The van der Waals surface area contributed by atoms with Gasteiger partial charge in [0.2, 0.25) is 0 Å². The summed E-state index contributed by atoms with van der Waals surface area (Å²) in [5.74, 6) is 2.08. The monoisotopic (exact) mass is 811 g/mol. The van der Waals surface area contributed by atoms with E-state index in [-0.39, 0.29) is 0 Å². The fourth-order valence-corrected chi connectivity index (χ4v) is 11.2. The third kappa shape index (κ3) is 40.1. The highest BCUT2D eigenvalue weighted by Crippen LogP contribution is 2.28. The summed E-state index contributed by atoms with van der Waals surface area (Å²) < 4.78 is 0. The maximum Gasteiger partial charge on any atom is -0.0414 e. The third-order valence-electron chi connectivity index (χ3n) is 15.4. The Labute approximate surface area is 370 Å². The van der Waals surface area contributed by atoms with E-state index >= 15 is 0 Å². The summed E-state index contributed by atoms with van der Waals surface area (Å²) >= 11 is 0. The molecule has 2 saturated carbocycles. The first-order chi connectivity index (χ1) is 28.9. The highest BCUT2D eigenvalue weighted by atomic mass is 14.2. The van der Waals surface area contributed by atoms with Gasteiger partial charge in [-0.05, 0) is 11.8 Å². The molecule has 2 atom stereocenters. The van der Waals surface area contributed by atoms with E-state index in [1.807, 2.05) is 0 Å². The first kappa shape index (κ1) is 54.1. The lowest BCUT2D eigenvalue weighted by atomic mass is 9.88. The number of hydrogen-bond acceptors (Lipinski definition) is 0. The van der Waals surface area contributed by atoms with Gasteiger partial charge in [0.25, 0.3) is 0 Å². The molecule has 2 unspecified atom stereocenters. The van der Waals surface area contributed by atoms with Crippen molar-refractivity contribution in [1.82, 2.24) is 0 Å². The van der Waals surface area contributed by atoms with Crippen LogP contribution in [0.1, 0.15) is 360 Å². The minimum atomic E-state index is 1.04. The summed E-state index contributed by atoms with van der Waals surface area (Å²) in [5, 5.41) is 0. The zero-order valence-electron chi connectivity index (χ0n) is 40.8. The molecule has 2 aliphatic rings. The van der Waals surface area contributed by atoms with Gasteiger partial charge in [0.15, 0.2) is 0 Å². The van der Waals surface area contributed by atoms with Crippen LogP contribution in [0.25, 0.3) is 0 Å². The molecule has 2 aliphatic carbocycles. The van der Waals surface area contributed by atoms with Crippen LogP contribution < -0.4 is 0 Å². The second-order valence-electron chi connectivity index (χ2n) is 21.1. The van der Waals surface area contributed by atoms with Gasteiger partial charge in [-0.25, -0.2) is 0 Å². The molecule has 0 spiro atoms. The van der Waals surface area contributed by atoms with Crippen LogP contribution in [0.15, 0.2) is 0 Å². The van der Waals surface area contributed by atoms with E-state index in [9.17, 15) is 0 Å². The van der Waals surface area contributed by atoms with Gasteiger partial charge >= 0.3 is 0 Å². The fourth-order valence-electron chi connectivity index (χ4n) is 11.2. The molecule has 0 saturated heterocycles. The van der Waals surface area contributed by atoms with Gasteiger partial charge in [0.05, 0.1) is 0 Å². The molecule has 0 aliphatic heterocycles. The molecule has 0 N–H and O–H groups in total. The Bertz CT molecular complexity index is 676. The van der Waals surface area contributed by atoms with Gasteiger partial charge < -0.3 is 0 Å². The molecule has 58 heavy (non-hydrogen) atoms. The predicted octanol–water partition coefficient (Wildman–Crippen LogP) is 22.1. The lowest BCUT2D eigenvalue weighted by Crippen LogP contribution is -2.02. The average Bonchev–Trinajstić information content (AvgIpc) is 3.23. The smallest absolute Gasteiger partial charge is 0.0414 e. The van der Waals surface area contributed by atoms with Crippen LogP contribution in [0.4, 0.5) is 0 Å². The second kappa shape index (κ2) is 46.5. The Morgan fingerprint density at radius 3 is 0.241 bits per heavy atom. The molecular formula is C58H114. The Hall–Kier alpha value is 0. The molecule has 0 amide bonds. The molecule has 0 radical (unpaired) electrons. The minimum absolute atomic E-state index is 1.04. The van der Waals surface area contributed by atoms with E-state index in [1.165, 1.54) is 321 Å². The second-order valence-corrected chi connectivity index (χ2v) is 21.1. The van der Waals surface area contributed by atoms with Crippen LogP contribution in [0, 0.1) is 11.8 Å². The predicted molar refractivity (Wildman–Crippen MR) is 266 cm³/mol. The Kier molecular flexibility index (Phi) is 43.4. The fraction of sp³-hybridized carbons (Fsp3) is 1.00. The van der Waals surface area contributed by atoms with Crippen LogP contribution in [-0.2, 0) is 0 Å². The topological polar surface area (TPSA) is 0 Å². The maximum absolute atomic E-state index is 1.54. The summed E-state index contributed by atoms with van der Waals surface area (Å²) in [5.41, 5.74) is 0. The number of hydrogen-bond donors (Lipinski definition) is 0. The van der Waals surface area contributed by atoms with Crippen molar-refractivity contribution in [3.05, 3.63) is 0 Å². The zero-order chi connectivity index (χ0) is 40.8. The van der Waals surface area contributed by atoms with Gasteiger partial charge in [-0.1, -0.05) is 360 Å². The van der Waals surface area contributed by atoms with Crippen molar-refractivity contribution >= 4 is 0 Å². The van der Waals surface area contributed by atoms with E-state index in [4.69, 9.17) is 0 Å². The largest absolute Gasteiger partial charge is 0.0533 e. The van der Waals surface area contributed by atoms with Crippen LogP contribution in [0.3, 0.4) is 0 Å². The van der Waals surface area contributed by atoms with Crippen molar-refractivity contribution in [2.24, 2.45) is 11.8 Å². The van der Waals surface area contributed by atoms with Crippen LogP contribution >= 0.6 is 0 Å². The molecule has 0 aromatic rings. The molecule has 0 heteroatoms. The van der Waals surface area contributed by atoms with Crippen molar-refractivity contribution in [2.75, 3.05) is 0 Å². The molecular weight excluding hydrogens is 697 g/mol. The Morgan fingerprint density at radius 2 is 0.155 bits per heavy atom. The van der Waals surface area contributed by atoms with E-state index in [0.29, 0.717) is 0 Å². The summed E-state index contributed by atoms with van der Waals surface area (Å²) in [4.78, 5) is 0. The Balaban J connectivity index is 1.66. The number of rotatable bonds is 0. The van der Waals surface area contributed by atoms with Gasteiger partial charge in [-0.15, -0.1) is 0 Å². The maximum atomic E-state index is 1.54. The molecule has 2 rings (SSSR count). The summed E-state index contributed by atoms with van der Waals surface area (Å²) in [7, 11) is 0. The van der Waals surface area contributed by atoms with E-state index < -0.39 is 0 Å². The molecule has 0 nitrogen and oxygen atoms in total. The van der Waals surface area contributed by atoms with Crippen molar-refractivity contribution in [3.63, 3.8) is 0 Å². The van der Waals surface area contributed by atoms with Crippen LogP contribution in [-0.4, -0.2) is 0 Å². The van der Waals surface area contributed by atoms with Crippen molar-refractivity contribution < 1.29 is 0 Å². The summed E-state index contributed by atoms with van der Waals surface area (Å²) in [6.07, 6.45) is 84.6. The summed E-state index contributed by atoms with van der Waals surface area (Å²) in [6, 6.07) is 0. The lowest BCUT2D eigenvalue weighted by molar-refractivity contribution is 0.355. The van der Waals surface area contributed by atoms with Crippen molar-refractivity contribution in [1.29, 1.82) is 0 Å². The van der Waals surface area contributed by atoms with Gasteiger partial charge in [-0.2, -0.15) is 0 Å². The third-order valence-corrected chi connectivity index (χ3v) is 15.4. The van der Waals surface area contributed by atoms with E-state index in [1.54, 1.807) is 38.5 Å². The van der Waals surface area contributed by atoms with Gasteiger partial charge in [-0.3, -0.25) is 0 Å². The molecule has 2 bridgehead atoms. The molecule has 0 aromatic carbocycles. The number of fused-ring (bicyclic) bond motifs is 9. The van der Waals surface area contributed by atoms with Gasteiger partial charge in [0.1, 0.15) is 0 Å². The molecule has 346 valence electrons. The highest BCUT2D eigenvalue weighted by molar-refractivity contribution is 4.65. The van der Waals surface area contributed by atoms with Gasteiger partial charge in [0, 0.05) is 0 Å². The molecule has 0 heterocycles. The summed E-state index contributed by atoms with van der Waals surface area (Å²) in [6.45, 7) is 0. The van der Waals surface area contributed by atoms with Crippen LogP contribution in [0.2, 0.25) is 0 Å². The zero-order valence-corrected chi connectivity index (χ0v) is 40.8. The van der Waals surface area contributed by atoms with Crippen molar-refractivity contribution in [3.8, 4) is 0 Å². The molecule has 2 fully saturated rings. The SMILES string of the molecule is C1CCCCCCCCCCCCCCCCCCCC2CCCCCCCCCCC(CCCCCCCCCCCCCCCCCC1)CCCCCCCC2. The molecule has 0 aromatic heterocycles. The first-order valence-electron chi connectivity index (χ1n) is 28.9. The highest BCUT2D eigenvalue weighted by Gasteiger charge is 2.11. The standard InChI is InChI=1S/C58H114/c1-2-4-6-8-10-12-14-16-18-20-22-24-26-28-30-34-40-46-52-58-54-48-42-36-32-31-35-41-47-53-57(55-49-43-37-38-44-50-56-58)51-45-39-33-29-27-25-23-21-19-17-15-13-11-9-7-5-3-1/h57-58H,1-56H2.